The Kier molecular flexibility index (Phi) is 4.12. The Morgan fingerprint density at radius 2 is 2.32 bits per heavy atom. The van der Waals surface area contributed by atoms with Crippen LogP contribution >= 0.6 is 0 Å². The molecule has 1 aromatic heterocycles. The number of nitrogen functional groups attached to an aromatic ring is 1. The van der Waals surface area contributed by atoms with Gasteiger partial charge in [0, 0.05) is 25.4 Å². The first-order valence-electron chi connectivity index (χ1n) is 5.97. The molecule has 0 saturated carbocycles. The smallest absolute Gasteiger partial charge is 0.224 e. The Morgan fingerprint density at radius 3 is 3.00 bits per heavy atom. The molecule has 2 rings (SSSR count). The van der Waals surface area contributed by atoms with Gasteiger partial charge in [-0.2, -0.15) is 5.10 Å². The van der Waals surface area contributed by atoms with E-state index in [-0.39, 0.29) is 11.6 Å². The molecule has 0 aliphatic carbocycles. The lowest BCUT2D eigenvalue weighted by molar-refractivity contribution is -0.116. The predicted molar refractivity (Wildman–Crippen MR) is 70.9 cm³/mol. The van der Waals surface area contributed by atoms with Gasteiger partial charge in [-0.15, -0.1) is 0 Å². The molecule has 0 saturated heterocycles. The minimum atomic E-state index is -0.422. The number of halogens is 1. The number of rotatable bonds is 5. The van der Waals surface area contributed by atoms with Crippen molar-refractivity contribution < 1.29 is 9.18 Å². The van der Waals surface area contributed by atoms with Gasteiger partial charge in [0.25, 0.3) is 0 Å². The van der Waals surface area contributed by atoms with Crippen LogP contribution in [0.15, 0.2) is 36.7 Å². The second-order valence-corrected chi connectivity index (χ2v) is 4.15. The van der Waals surface area contributed by atoms with E-state index in [0.29, 0.717) is 25.1 Å². The topological polar surface area (TPSA) is 72.9 Å². The van der Waals surface area contributed by atoms with Crippen molar-refractivity contribution in [2.75, 3.05) is 11.1 Å². The number of aromatic nitrogens is 2. The third-order valence-corrected chi connectivity index (χ3v) is 2.64. The quantitative estimate of drug-likeness (QED) is 0.810. The summed E-state index contributed by atoms with van der Waals surface area (Å²) in [6, 6.07) is 5.73. The minimum absolute atomic E-state index is 0.148. The van der Waals surface area contributed by atoms with Crippen molar-refractivity contribution in [2.45, 2.75) is 19.4 Å². The number of carbonyl (C=O) groups excluding carboxylic acids is 1. The van der Waals surface area contributed by atoms with Crippen LogP contribution in [0, 0.1) is 5.82 Å². The van der Waals surface area contributed by atoms with Crippen LogP contribution in [0.25, 0.3) is 0 Å². The van der Waals surface area contributed by atoms with Crippen molar-refractivity contribution in [1.29, 1.82) is 0 Å². The summed E-state index contributed by atoms with van der Waals surface area (Å²) in [5.74, 6) is -0.570. The molecule has 0 bridgehead atoms. The summed E-state index contributed by atoms with van der Waals surface area (Å²) >= 11 is 0. The molecule has 0 unspecified atom stereocenters. The lowest BCUT2D eigenvalue weighted by Crippen LogP contribution is -2.13. The van der Waals surface area contributed by atoms with Crippen molar-refractivity contribution in [3.8, 4) is 0 Å². The molecule has 0 fully saturated rings. The van der Waals surface area contributed by atoms with E-state index in [4.69, 9.17) is 5.73 Å². The third kappa shape index (κ3) is 3.80. The Hall–Kier alpha value is -2.37. The monoisotopic (exact) mass is 262 g/mol. The van der Waals surface area contributed by atoms with Crippen LogP contribution in [0.1, 0.15) is 12.8 Å². The lowest BCUT2D eigenvalue weighted by atomic mass is 10.2. The average molecular weight is 262 g/mol. The number of hydrogen-bond acceptors (Lipinski definition) is 3. The highest BCUT2D eigenvalue weighted by Crippen LogP contribution is 2.19. The van der Waals surface area contributed by atoms with Crippen LogP contribution in [-0.4, -0.2) is 15.7 Å². The highest BCUT2D eigenvalue weighted by Gasteiger charge is 2.06. The van der Waals surface area contributed by atoms with Crippen molar-refractivity contribution in [3.63, 3.8) is 0 Å². The molecule has 1 aromatic carbocycles. The molecular formula is C13H15FN4O. The highest BCUT2D eigenvalue weighted by molar-refractivity contribution is 5.93. The highest BCUT2D eigenvalue weighted by atomic mass is 19.1. The molecule has 0 spiro atoms. The fraction of sp³-hybridized carbons (Fsp3) is 0.231. The van der Waals surface area contributed by atoms with E-state index in [0.717, 1.165) is 0 Å². The van der Waals surface area contributed by atoms with E-state index in [1.807, 2.05) is 12.3 Å². The number of anilines is 2. The van der Waals surface area contributed by atoms with Gasteiger partial charge in [0.1, 0.15) is 5.82 Å². The van der Waals surface area contributed by atoms with E-state index in [9.17, 15) is 9.18 Å². The van der Waals surface area contributed by atoms with Gasteiger partial charge in [0.2, 0.25) is 5.91 Å². The zero-order valence-corrected chi connectivity index (χ0v) is 10.3. The van der Waals surface area contributed by atoms with Gasteiger partial charge in [-0.1, -0.05) is 0 Å². The van der Waals surface area contributed by atoms with Gasteiger partial charge in [0.15, 0.2) is 0 Å². The van der Waals surface area contributed by atoms with E-state index in [2.05, 4.69) is 10.4 Å². The molecule has 5 nitrogen and oxygen atoms in total. The van der Waals surface area contributed by atoms with Gasteiger partial charge in [0.05, 0.1) is 11.4 Å². The van der Waals surface area contributed by atoms with Gasteiger partial charge in [-0.05, 0) is 30.7 Å². The second-order valence-electron chi connectivity index (χ2n) is 4.15. The van der Waals surface area contributed by atoms with Crippen LogP contribution in [0.4, 0.5) is 15.8 Å². The first-order valence-corrected chi connectivity index (χ1v) is 5.97. The fourth-order valence-corrected chi connectivity index (χ4v) is 1.69. The van der Waals surface area contributed by atoms with Crippen LogP contribution in [0.3, 0.4) is 0 Å². The number of benzene rings is 1. The second kappa shape index (κ2) is 5.99. The zero-order valence-electron chi connectivity index (χ0n) is 10.3. The maximum atomic E-state index is 12.8. The number of aryl methyl sites for hydroxylation is 1. The van der Waals surface area contributed by atoms with Gasteiger partial charge in [-0.25, -0.2) is 4.39 Å². The van der Waals surface area contributed by atoms with Crippen LogP contribution < -0.4 is 11.1 Å². The predicted octanol–water partition coefficient (Wildman–Crippen LogP) is 2.02. The van der Waals surface area contributed by atoms with E-state index < -0.39 is 5.82 Å². The number of amides is 1. The molecule has 6 heteroatoms. The van der Waals surface area contributed by atoms with Crippen LogP contribution in [0.2, 0.25) is 0 Å². The summed E-state index contributed by atoms with van der Waals surface area (Å²) in [7, 11) is 0. The number of hydrogen-bond donors (Lipinski definition) is 2. The molecule has 19 heavy (non-hydrogen) atoms. The maximum absolute atomic E-state index is 12.8. The van der Waals surface area contributed by atoms with Gasteiger partial charge >= 0.3 is 0 Å². The molecule has 100 valence electrons. The first kappa shape index (κ1) is 13.1. The fourth-order valence-electron chi connectivity index (χ4n) is 1.69. The van der Waals surface area contributed by atoms with Gasteiger partial charge < -0.3 is 11.1 Å². The van der Waals surface area contributed by atoms with E-state index >= 15 is 0 Å². The molecule has 0 atom stereocenters. The van der Waals surface area contributed by atoms with E-state index in [1.54, 1.807) is 10.9 Å². The number of nitrogens with two attached hydrogens (primary N) is 1. The van der Waals surface area contributed by atoms with Gasteiger partial charge in [-0.3, -0.25) is 9.48 Å². The van der Waals surface area contributed by atoms with Crippen molar-refractivity contribution in [2.24, 2.45) is 0 Å². The summed E-state index contributed by atoms with van der Waals surface area (Å²) in [6.07, 6.45) is 4.57. The van der Waals surface area contributed by atoms with Crippen LogP contribution in [0.5, 0.6) is 0 Å². The zero-order chi connectivity index (χ0) is 13.7. The normalized spacial score (nSPS) is 10.4. The molecule has 2 aromatic rings. The number of nitrogens with zero attached hydrogens (tertiary/aromatic N) is 2. The maximum Gasteiger partial charge on any atom is 0.224 e. The molecule has 0 aliphatic heterocycles. The summed E-state index contributed by atoms with van der Waals surface area (Å²) < 4.78 is 14.6. The Bertz CT molecular complexity index is 554. The van der Waals surface area contributed by atoms with Crippen molar-refractivity contribution in [1.82, 2.24) is 9.78 Å². The number of nitrogens with one attached hydrogen (secondary N) is 1. The number of carbonyl (C=O) groups is 1. The molecule has 0 radical (unpaired) electrons. The average Bonchev–Trinajstić information content (AvgIpc) is 2.86. The van der Waals surface area contributed by atoms with Crippen molar-refractivity contribution >= 4 is 17.3 Å². The molecule has 1 amide bonds. The SMILES string of the molecule is Nc1cc(F)ccc1NC(=O)CCCn1cccn1. The Balaban J connectivity index is 1.80. The minimum Gasteiger partial charge on any atom is -0.397 e. The van der Waals surface area contributed by atoms with E-state index in [1.165, 1.54) is 18.2 Å². The summed E-state index contributed by atoms with van der Waals surface area (Å²) in [5.41, 5.74) is 6.26. The lowest BCUT2D eigenvalue weighted by Gasteiger charge is -2.08. The Labute approximate surface area is 110 Å². The molecule has 3 N–H and O–H groups in total. The Morgan fingerprint density at radius 1 is 1.47 bits per heavy atom. The summed E-state index contributed by atoms with van der Waals surface area (Å²) in [5, 5.41) is 6.70. The molecular weight excluding hydrogens is 247 g/mol. The summed E-state index contributed by atoms with van der Waals surface area (Å²) in [4.78, 5) is 11.7. The third-order valence-electron chi connectivity index (χ3n) is 2.64. The van der Waals surface area contributed by atoms with Crippen molar-refractivity contribution in [3.05, 3.63) is 42.5 Å². The standard InChI is InChI=1S/C13H15FN4O/c14-10-4-5-12(11(15)9-10)17-13(19)3-1-7-18-8-2-6-16-18/h2,4-6,8-9H,1,3,7,15H2,(H,17,19). The molecule has 1 heterocycles. The first-order chi connectivity index (χ1) is 9.15. The summed E-state index contributed by atoms with van der Waals surface area (Å²) in [6.45, 7) is 0.680. The molecule has 0 aliphatic rings. The largest absolute Gasteiger partial charge is 0.397 e. The van der Waals surface area contributed by atoms with Crippen LogP contribution in [-0.2, 0) is 11.3 Å².